The van der Waals surface area contributed by atoms with Crippen LogP contribution >= 0.6 is 0 Å². The van der Waals surface area contributed by atoms with Crippen molar-refractivity contribution in [2.24, 2.45) is 10.2 Å². The molecule has 2 amide bonds. The van der Waals surface area contributed by atoms with Gasteiger partial charge in [0.05, 0.1) is 12.6 Å². The number of benzene rings is 2. The van der Waals surface area contributed by atoms with E-state index in [2.05, 4.69) is 15.5 Å². The van der Waals surface area contributed by atoms with E-state index in [9.17, 15) is 14.7 Å². The third-order valence-corrected chi connectivity index (χ3v) is 4.58. The molecular formula is C23H24N4O4. The zero-order valence-corrected chi connectivity index (χ0v) is 17.4. The van der Waals surface area contributed by atoms with E-state index in [0.29, 0.717) is 11.9 Å². The van der Waals surface area contributed by atoms with Crippen molar-refractivity contribution in [1.29, 1.82) is 0 Å². The van der Waals surface area contributed by atoms with E-state index in [1.165, 1.54) is 6.08 Å². The molecule has 8 heteroatoms. The number of para-hydroxylation sites is 1. The molecule has 2 N–H and O–H groups in total. The molecule has 0 unspecified atom stereocenters. The van der Waals surface area contributed by atoms with Gasteiger partial charge in [-0.1, -0.05) is 37.3 Å². The predicted molar refractivity (Wildman–Crippen MR) is 118 cm³/mol. The first-order valence-electron chi connectivity index (χ1n) is 9.88. The average molecular weight is 420 g/mol. The van der Waals surface area contributed by atoms with E-state index < -0.39 is 11.8 Å². The number of rotatable bonds is 8. The lowest BCUT2D eigenvalue weighted by molar-refractivity contribution is -0.122. The average Bonchev–Trinajstić information content (AvgIpc) is 3.06. The number of amides is 2. The smallest absolute Gasteiger partial charge is 0.283 e. The van der Waals surface area contributed by atoms with Gasteiger partial charge in [-0.05, 0) is 36.3 Å². The number of hydrogen-bond acceptors (Lipinski definition) is 5. The van der Waals surface area contributed by atoms with E-state index in [0.717, 1.165) is 23.3 Å². The molecule has 0 fully saturated rings. The minimum atomic E-state index is -0.627. The van der Waals surface area contributed by atoms with E-state index >= 15 is 0 Å². The Morgan fingerprint density at radius 1 is 1.16 bits per heavy atom. The molecular weight excluding hydrogens is 396 g/mol. The second kappa shape index (κ2) is 10.2. The Morgan fingerprint density at radius 2 is 1.90 bits per heavy atom. The molecule has 31 heavy (non-hydrogen) atoms. The predicted octanol–water partition coefficient (Wildman–Crippen LogP) is 4.21. The summed E-state index contributed by atoms with van der Waals surface area (Å²) >= 11 is 0. The van der Waals surface area contributed by atoms with Crippen LogP contribution < -0.4 is 10.1 Å². The number of nitrogens with zero attached hydrogens (tertiary/aromatic N) is 3. The first kappa shape index (κ1) is 21.8. The van der Waals surface area contributed by atoms with Crippen molar-refractivity contribution in [3.05, 3.63) is 60.2 Å². The van der Waals surface area contributed by atoms with Crippen molar-refractivity contribution < 1.29 is 19.4 Å². The molecule has 0 bridgehead atoms. The largest absolute Gasteiger partial charge is 0.497 e. The minimum absolute atomic E-state index is 0.0361. The fraction of sp³-hybridized carbons (Fsp3) is 0.217. The van der Waals surface area contributed by atoms with Gasteiger partial charge in [0.1, 0.15) is 12.3 Å². The van der Waals surface area contributed by atoms with Gasteiger partial charge >= 0.3 is 0 Å². The number of hydrogen-bond donors (Lipinski definition) is 2. The second-order valence-corrected chi connectivity index (χ2v) is 6.76. The number of fused-ring (bicyclic) bond motifs is 1. The van der Waals surface area contributed by atoms with Crippen molar-refractivity contribution in [3.8, 4) is 11.6 Å². The fourth-order valence-electron chi connectivity index (χ4n) is 3.07. The van der Waals surface area contributed by atoms with E-state index in [1.54, 1.807) is 29.9 Å². The Morgan fingerprint density at radius 3 is 2.61 bits per heavy atom. The number of methoxy groups -OCH3 is 1. The molecule has 160 valence electrons. The zero-order chi connectivity index (χ0) is 22.2. The monoisotopic (exact) mass is 420 g/mol. The maximum absolute atomic E-state index is 12.0. The standard InChI is InChI=1S/C23H24N4O4/c1-3-14-27-19-7-5-4-6-18(19)22(23(27)30)26-25-21(29)15-24-20(28)13-10-16-8-11-17(31-2)12-9-16/h4-13,30H,3,14-15H2,1-2H3,(H,24,28). The molecule has 1 aromatic heterocycles. The number of azo groups is 1. The molecule has 3 aromatic rings. The molecule has 2 aromatic carbocycles. The summed E-state index contributed by atoms with van der Waals surface area (Å²) in [5, 5.41) is 21.3. The van der Waals surface area contributed by atoms with E-state index in [-0.39, 0.29) is 18.1 Å². The third-order valence-electron chi connectivity index (χ3n) is 4.58. The first-order valence-corrected chi connectivity index (χ1v) is 9.88. The van der Waals surface area contributed by atoms with Crippen LogP contribution in [0.15, 0.2) is 64.8 Å². The number of carbonyl (C=O) groups excluding carboxylic acids is 2. The summed E-state index contributed by atoms with van der Waals surface area (Å²) in [6.45, 7) is 2.32. The highest BCUT2D eigenvalue weighted by atomic mass is 16.5. The van der Waals surface area contributed by atoms with Crippen LogP contribution in [0, 0.1) is 0 Å². The topological polar surface area (TPSA) is 105 Å². The van der Waals surface area contributed by atoms with Crippen molar-refractivity contribution in [2.45, 2.75) is 19.9 Å². The maximum Gasteiger partial charge on any atom is 0.283 e. The highest BCUT2D eigenvalue weighted by Gasteiger charge is 2.16. The molecule has 1 heterocycles. The maximum atomic E-state index is 12.0. The molecule has 0 saturated heterocycles. The summed E-state index contributed by atoms with van der Waals surface area (Å²) < 4.78 is 6.82. The van der Waals surface area contributed by atoms with Crippen LogP contribution in [0.4, 0.5) is 5.69 Å². The fourth-order valence-corrected chi connectivity index (χ4v) is 3.07. The van der Waals surface area contributed by atoms with Gasteiger partial charge in [-0.15, -0.1) is 10.2 Å². The van der Waals surface area contributed by atoms with Crippen LogP contribution in [0.2, 0.25) is 0 Å². The Hall–Kier alpha value is -3.94. The molecule has 3 rings (SSSR count). The number of aromatic nitrogens is 1. The Labute approximate surface area is 179 Å². The Balaban J connectivity index is 1.61. The quantitative estimate of drug-likeness (QED) is 0.421. The van der Waals surface area contributed by atoms with Gasteiger partial charge in [-0.25, -0.2) is 0 Å². The van der Waals surface area contributed by atoms with Crippen LogP contribution in [-0.2, 0) is 16.1 Å². The molecule has 0 atom stereocenters. The van der Waals surface area contributed by atoms with Crippen LogP contribution in [0.1, 0.15) is 18.9 Å². The molecule has 0 saturated carbocycles. The summed E-state index contributed by atoms with van der Waals surface area (Å²) in [5.41, 5.74) is 1.88. The van der Waals surface area contributed by atoms with Crippen molar-refractivity contribution in [3.63, 3.8) is 0 Å². The minimum Gasteiger partial charge on any atom is -0.497 e. The molecule has 0 spiro atoms. The molecule has 0 aliphatic rings. The van der Waals surface area contributed by atoms with Gasteiger partial charge in [0.15, 0.2) is 5.69 Å². The lowest BCUT2D eigenvalue weighted by Crippen LogP contribution is -2.26. The number of ether oxygens (including phenoxy) is 1. The van der Waals surface area contributed by atoms with E-state index in [1.807, 2.05) is 43.3 Å². The van der Waals surface area contributed by atoms with Crippen LogP contribution in [0.3, 0.4) is 0 Å². The normalized spacial score (nSPS) is 11.4. The molecule has 8 nitrogen and oxygen atoms in total. The van der Waals surface area contributed by atoms with Gasteiger partial charge in [0, 0.05) is 18.0 Å². The third kappa shape index (κ3) is 5.36. The molecule has 0 radical (unpaired) electrons. The highest BCUT2D eigenvalue weighted by Crippen LogP contribution is 2.38. The molecule has 0 aliphatic heterocycles. The number of carbonyl (C=O) groups is 2. The highest BCUT2D eigenvalue weighted by molar-refractivity contribution is 5.96. The summed E-state index contributed by atoms with van der Waals surface area (Å²) in [5.74, 6) is -0.368. The van der Waals surface area contributed by atoms with Gasteiger partial charge in [-0.3, -0.25) is 9.59 Å². The number of aromatic hydroxyl groups is 1. The summed E-state index contributed by atoms with van der Waals surface area (Å²) in [6.07, 6.45) is 3.79. The first-order chi connectivity index (χ1) is 15.0. The van der Waals surface area contributed by atoms with Crippen LogP contribution in [0.25, 0.3) is 17.0 Å². The van der Waals surface area contributed by atoms with Crippen molar-refractivity contribution in [2.75, 3.05) is 13.7 Å². The lowest BCUT2D eigenvalue weighted by Gasteiger charge is -2.03. The lowest BCUT2D eigenvalue weighted by atomic mass is 10.2. The van der Waals surface area contributed by atoms with Crippen molar-refractivity contribution in [1.82, 2.24) is 9.88 Å². The van der Waals surface area contributed by atoms with E-state index in [4.69, 9.17) is 4.74 Å². The summed E-state index contributed by atoms with van der Waals surface area (Å²) in [6, 6.07) is 14.6. The number of nitrogens with one attached hydrogen (secondary N) is 1. The van der Waals surface area contributed by atoms with Crippen molar-refractivity contribution >= 4 is 34.5 Å². The van der Waals surface area contributed by atoms with Gasteiger partial charge in [-0.2, -0.15) is 0 Å². The SMILES string of the molecule is CCCn1c(O)c(N=NC(=O)CNC(=O)C=Cc2ccc(OC)cc2)c2ccccc21. The number of aryl methyl sites for hydroxylation is 1. The molecule has 0 aliphatic carbocycles. The van der Waals surface area contributed by atoms with Crippen LogP contribution in [-0.4, -0.2) is 35.1 Å². The second-order valence-electron chi connectivity index (χ2n) is 6.76. The van der Waals surface area contributed by atoms with Gasteiger partial charge < -0.3 is 19.7 Å². The van der Waals surface area contributed by atoms with Gasteiger partial charge in [0.2, 0.25) is 11.8 Å². The summed E-state index contributed by atoms with van der Waals surface area (Å²) in [4.78, 5) is 24.0. The Kier molecular flexibility index (Phi) is 7.16. The van der Waals surface area contributed by atoms with Gasteiger partial charge in [0.25, 0.3) is 5.91 Å². The zero-order valence-electron chi connectivity index (χ0n) is 17.4. The summed E-state index contributed by atoms with van der Waals surface area (Å²) in [7, 11) is 1.58. The van der Waals surface area contributed by atoms with Crippen LogP contribution in [0.5, 0.6) is 11.6 Å². The Bertz CT molecular complexity index is 1130.